The Morgan fingerprint density at radius 3 is 0.977 bits per heavy atom. The minimum atomic E-state index is -4.70. The lowest BCUT2D eigenvalue weighted by molar-refractivity contribution is -0.870. The normalized spacial score (nSPS) is 13.5. The van der Waals surface area contributed by atoms with Crippen LogP contribution in [0.2, 0.25) is 0 Å². The molecule has 0 rings (SSSR count). The van der Waals surface area contributed by atoms with Gasteiger partial charge in [-0.2, -0.15) is 0 Å². The number of hydrogen-bond donors (Lipinski definition) is 1. The Kier molecular flexibility index (Phi) is 66.2. The van der Waals surface area contributed by atoms with Crippen molar-refractivity contribution in [2.75, 3.05) is 40.9 Å². The van der Waals surface area contributed by atoms with E-state index in [1.165, 1.54) is 315 Å². The summed E-state index contributed by atoms with van der Waals surface area (Å²) in [4.78, 5) is 40.2. The molecule has 0 fully saturated rings. The second-order valence-corrected chi connectivity index (χ2v) is 29.3. The predicted octanol–water partition coefficient (Wildman–Crippen LogP) is 24.2. The van der Waals surface area contributed by atoms with Gasteiger partial charge in [-0.05, 0) is 57.4 Å². The van der Waals surface area contributed by atoms with Gasteiger partial charge in [-0.3, -0.25) is 14.2 Å². The summed E-state index contributed by atoms with van der Waals surface area (Å²) in [5.74, 6) is -0.515. The fourth-order valence-electron chi connectivity index (χ4n) is 11.9. The largest absolute Gasteiger partial charge is 0.756 e. The Morgan fingerprint density at radius 1 is 0.391 bits per heavy atom. The lowest BCUT2D eigenvalue weighted by atomic mass is 10.0. The number of phosphoric acid groups is 1. The topological polar surface area (TPSA) is 114 Å². The van der Waals surface area contributed by atoms with E-state index in [0.717, 1.165) is 57.8 Å². The highest BCUT2D eigenvalue weighted by Crippen LogP contribution is 2.38. The Morgan fingerprint density at radius 2 is 0.667 bits per heavy atom. The molecule has 0 bridgehead atoms. The number of carbonyl (C=O) groups excluding carboxylic acids is 2. The molecule has 9 nitrogen and oxygen atoms in total. The maximum atomic E-state index is 13.6. The molecule has 87 heavy (non-hydrogen) atoms. The summed E-state index contributed by atoms with van der Waals surface area (Å²) in [5, 5.41) is 3.06. The van der Waals surface area contributed by atoms with Gasteiger partial charge in [-0.25, -0.2) is 0 Å². The molecule has 3 unspecified atom stereocenters. The smallest absolute Gasteiger partial charge is 0.306 e. The van der Waals surface area contributed by atoms with Crippen molar-refractivity contribution in [3.05, 3.63) is 24.3 Å². The first kappa shape index (κ1) is 85.5. The van der Waals surface area contributed by atoms with Crippen molar-refractivity contribution in [2.45, 2.75) is 418 Å². The lowest BCUT2D eigenvalue weighted by Gasteiger charge is -2.30. The van der Waals surface area contributed by atoms with E-state index in [1.807, 2.05) is 33.3 Å². The number of phosphoric ester groups is 1. The molecule has 0 aliphatic rings. The minimum Gasteiger partial charge on any atom is -0.756 e. The standard InChI is InChI=1S/C77H151N2O7P/c1-7-10-13-16-19-22-25-27-29-31-33-35-37-39-41-43-45-47-49-51-54-57-60-63-66-69-76(80)78-74(73-85-87(82,83)84-72-71-79(4,5)6)75(68-65-62-59-56-53-24-21-18-15-12-9-3)86-77(81)70-67-64-61-58-55-52-50-48-46-44-42-40-38-36-34-32-30-28-26-23-20-17-14-11-8-2/h28,30,65,68,74-75H,7-27,29,31-64,66-67,69-73H2,1-6H3,(H-,78,80,82,83)/b30-28+,68-65+. The average Bonchev–Trinajstić information content (AvgIpc) is 3.70. The number of esters is 1. The van der Waals surface area contributed by atoms with Crippen molar-refractivity contribution >= 4 is 19.7 Å². The van der Waals surface area contributed by atoms with Crippen LogP contribution in [0.4, 0.5) is 0 Å². The molecule has 10 heteroatoms. The zero-order valence-corrected chi connectivity index (χ0v) is 60.2. The van der Waals surface area contributed by atoms with Crippen LogP contribution in [0.15, 0.2) is 24.3 Å². The SMILES string of the molecule is CCCCCCCC/C=C/CCCCCCCCCCCCCCCCCC(=O)OC(/C=C/CCCCCCCCCCC)C(COP(=O)([O-])OCC[N+](C)(C)C)NC(=O)CCCCCCCCCCCCCCCCCCCCCCCCCCC. The summed E-state index contributed by atoms with van der Waals surface area (Å²) < 4.78 is 30.5. The molecule has 0 saturated heterocycles. The van der Waals surface area contributed by atoms with Gasteiger partial charge >= 0.3 is 5.97 Å². The number of carbonyl (C=O) groups is 2. The molecular formula is C77H151N2O7P. The monoisotopic (exact) mass is 1250 g/mol. The quantitative estimate of drug-likeness (QED) is 0.0212. The summed E-state index contributed by atoms with van der Waals surface area (Å²) in [6.07, 6.45) is 83.3. The molecule has 0 aliphatic carbocycles. The molecule has 0 radical (unpaired) electrons. The van der Waals surface area contributed by atoms with Crippen molar-refractivity contribution in [1.29, 1.82) is 0 Å². The number of quaternary nitrogens is 1. The van der Waals surface area contributed by atoms with Crippen molar-refractivity contribution < 1.29 is 37.3 Å². The van der Waals surface area contributed by atoms with Gasteiger partial charge in [0.1, 0.15) is 19.3 Å². The van der Waals surface area contributed by atoms with Crippen LogP contribution in [-0.2, 0) is 27.9 Å². The van der Waals surface area contributed by atoms with Gasteiger partial charge in [0.05, 0.1) is 33.8 Å². The second kappa shape index (κ2) is 67.4. The molecule has 0 aliphatic heterocycles. The summed E-state index contributed by atoms with van der Waals surface area (Å²) >= 11 is 0. The zero-order chi connectivity index (χ0) is 63.5. The summed E-state index contributed by atoms with van der Waals surface area (Å²) in [5.41, 5.74) is 0. The maximum Gasteiger partial charge on any atom is 0.306 e. The number of likely N-dealkylation sites (N-methyl/N-ethyl adjacent to an activating group) is 1. The molecular weight excluding hydrogens is 1100 g/mol. The first-order valence-electron chi connectivity index (χ1n) is 38.6. The fourth-order valence-corrected chi connectivity index (χ4v) is 12.7. The molecule has 0 aromatic carbocycles. The third kappa shape index (κ3) is 68.7. The first-order chi connectivity index (χ1) is 42.4. The molecule has 0 heterocycles. The molecule has 0 spiro atoms. The molecule has 0 saturated carbocycles. The van der Waals surface area contributed by atoms with Crippen molar-refractivity contribution in [1.82, 2.24) is 5.32 Å². The molecule has 0 aromatic rings. The summed E-state index contributed by atoms with van der Waals surface area (Å²) in [7, 11) is 1.21. The van der Waals surface area contributed by atoms with Gasteiger partial charge < -0.3 is 28.5 Å². The van der Waals surface area contributed by atoms with Crippen LogP contribution in [0.5, 0.6) is 0 Å². The first-order valence-corrected chi connectivity index (χ1v) is 40.1. The van der Waals surface area contributed by atoms with Crippen LogP contribution in [0.3, 0.4) is 0 Å². The minimum absolute atomic E-state index is 0.0176. The van der Waals surface area contributed by atoms with E-state index in [4.69, 9.17) is 13.8 Å². The lowest BCUT2D eigenvalue weighted by Crippen LogP contribution is -2.47. The number of allylic oxidation sites excluding steroid dienone is 3. The Balaban J connectivity index is 4.88. The number of amides is 1. The van der Waals surface area contributed by atoms with E-state index in [9.17, 15) is 19.0 Å². The summed E-state index contributed by atoms with van der Waals surface area (Å²) in [6.45, 7) is 6.92. The van der Waals surface area contributed by atoms with Crippen LogP contribution < -0.4 is 10.2 Å². The van der Waals surface area contributed by atoms with Crippen molar-refractivity contribution in [3.63, 3.8) is 0 Å². The van der Waals surface area contributed by atoms with E-state index in [2.05, 4.69) is 38.2 Å². The van der Waals surface area contributed by atoms with E-state index in [-0.39, 0.29) is 31.5 Å². The van der Waals surface area contributed by atoms with Crippen LogP contribution in [0, 0.1) is 0 Å². The average molecular weight is 1250 g/mol. The van der Waals surface area contributed by atoms with Gasteiger partial charge in [0.2, 0.25) is 5.91 Å². The Bertz CT molecular complexity index is 1530. The highest BCUT2D eigenvalue weighted by Gasteiger charge is 2.27. The molecule has 3 atom stereocenters. The molecule has 516 valence electrons. The van der Waals surface area contributed by atoms with Gasteiger partial charge in [0.15, 0.2) is 0 Å². The predicted molar refractivity (Wildman–Crippen MR) is 377 cm³/mol. The molecule has 1 N–H and O–H groups in total. The fraction of sp³-hybridized carbons (Fsp3) is 0.922. The number of ether oxygens (including phenoxy) is 1. The summed E-state index contributed by atoms with van der Waals surface area (Å²) in [6, 6.07) is -0.883. The van der Waals surface area contributed by atoms with Crippen LogP contribution in [-0.4, -0.2) is 69.4 Å². The van der Waals surface area contributed by atoms with Crippen LogP contribution >= 0.6 is 7.82 Å². The second-order valence-electron chi connectivity index (χ2n) is 27.9. The third-order valence-corrected chi connectivity index (χ3v) is 18.8. The van der Waals surface area contributed by atoms with E-state index in [1.54, 1.807) is 0 Å². The van der Waals surface area contributed by atoms with Gasteiger partial charge in [-0.15, -0.1) is 0 Å². The van der Waals surface area contributed by atoms with Crippen molar-refractivity contribution in [3.8, 4) is 0 Å². The number of nitrogens with zero attached hydrogens (tertiary/aromatic N) is 1. The highest BCUT2D eigenvalue weighted by molar-refractivity contribution is 7.45. The maximum absolute atomic E-state index is 13.6. The van der Waals surface area contributed by atoms with E-state index >= 15 is 0 Å². The van der Waals surface area contributed by atoms with Gasteiger partial charge in [-0.1, -0.05) is 360 Å². The van der Waals surface area contributed by atoms with E-state index < -0.39 is 20.0 Å². The highest BCUT2D eigenvalue weighted by atomic mass is 31.2. The van der Waals surface area contributed by atoms with Crippen LogP contribution in [0.1, 0.15) is 406 Å². The number of unbranched alkanes of at least 4 members (excludes halogenated alkanes) is 54. The van der Waals surface area contributed by atoms with Crippen molar-refractivity contribution in [2.24, 2.45) is 0 Å². The molecule has 0 aromatic heterocycles. The number of nitrogens with one attached hydrogen (secondary N) is 1. The number of hydrogen-bond acceptors (Lipinski definition) is 7. The molecule has 1 amide bonds. The Labute approximate surface area is 543 Å². The van der Waals surface area contributed by atoms with Gasteiger partial charge in [0.25, 0.3) is 7.82 Å². The third-order valence-electron chi connectivity index (χ3n) is 17.9. The zero-order valence-electron chi connectivity index (χ0n) is 59.3. The van der Waals surface area contributed by atoms with Gasteiger partial charge in [0, 0.05) is 12.8 Å². The van der Waals surface area contributed by atoms with Crippen LogP contribution in [0.25, 0.3) is 0 Å². The van der Waals surface area contributed by atoms with E-state index in [0.29, 0.717) is 17.4 Å². The number of rotatable bonds is 72. The Hall–Kier alpha value is -1.51.